The fourth-order valence-corrected chi connectivity index (χ4v) is 3.94. The Bertz CT molecular complexity index is 880. The first-order valence-electron chi connectivity index (χ1n) is 9.38. The van der Waals surface area contributed by atoms with E-state index in [0.717, 1.165) is 12.0 Å². The molecule has 0 bridgehead atoms. The third-order valence-electron chi connectivity index (χ3n) is 4.49. The van der Waals surface area contributed by atoms with Crippen LogP contribution in [0.2, 0.25) is 0 Å². The van der Waals surface area contributed by atoms with Gasteiger partial charge in [-0.05, 0) is 12.0 Å². The predicted molar refractivity (Wildman–Crippen MR) is 111 cm³/mol. The number of hydrogen-bond donors (Lipinski definition) is 4. The first-order valence-corrected chi connectivity index (χ1v) is 11.0. The molecule has 2 amide bonds. The summed E-state index contributed by atoms with van der Waals surface area (Å²) >= 11 is 0. The van der Waals surface area contributed by atoms with Gasteiger partial charge in [0.25, 0.3) is 0 Å². The molecule has 0 radical (unpaired) electrons. The van der Waals surface area contributed by atoms with Crippen LogP contribution in [0.25, 0.3) is 0 Å². The van der Waals surface area contributed by atoms with Crippen molar-refractivity contribution in [2.24, 2.45) is 5.73 Å². The zero-order valence-electron chi connectivity index (χ0n) is 16.3. The lowest BCUT2D eigenvalue weighted by Crippen LogP contribution is -2.49. The van der Waals surface area contributed by atoms with E-state index in [-0.39, 0.29) is 37.1 Å². The van der Waals surface area contributed by atoms with Gasteiger partial charge in [0.1, 0.15) is 11.9 Å². The van der Waals surface area contributed by atoms with Crippen LogP contribution in [0.4, 0.5) is 0 Å². The van der Waals surface area contributed by atoms with Gasteiger partial charge in [0, 0.05) is 18.7 Å². The Morgan fingerprint density at radius 3 is 2.59 bits per heavy atom. The highest BCUT2D eigenvalue weighted by atomic mass is 32.2. The van der Waals surface area contributed by atoms with Gasteiger partial charge >= 0.3 is 0 Å². The summed E-state index contributed by atoms with van der Waals surface area (Å²) < 4.78 is 26.0. The van der Waals surface area contributed by atoms with E-state index in [1.54, 1.807) is 36.4 Å². The first kappa shape index (κ1) is 22.6. The molecule has 1 heterocycles. The summed E-state index contributed by atoms with van der Waals surface area (Å²) in [5, 5.41) is 10.1. The summed E-state index contributed by atoms with van der Waals surface area (Å²) in [6, 6.07) is 6.13. The van der Waals surface area contributed by atoms with Crippen LogP contribution in [0.15, 0.2) is 36.4 Å². The SMILES string of the molecule is CCCCS(=O)(=O)NCC(=O)N1CC=CC1C(=O)NCc1ccc(C(=N)N)cc1. The number of nitrogens with one attached hydrogen (secondary N) is 3. The molecule has 1 unspecified atom stereocenters. The molecule has 0 fully saturated rings. The van der Waals surface area contributed by atoms with Gasteiger partial charge in [0.2, 0.25) is 21.8 Å². The number of sulfonamides is 1. The molecule has 2 rings (SSSR count). The molecule has 0 saturated carbocycles. The van der Waals surface area contributed by atoms with E-state index in [4.69, 9.17) is 11.1 Å². The lowest BCUT2D eigenvalue weighted by Gasteiger charge is -2.24. The molecule has 29 heavy (non-hydrogen) atoms. The van der Waals surface area contributed by atoms with Crippen molar-refractivity contribution >= 4 is 27.7 Å². The number of nitrogens with two attached hydrogens (primary N) is 1. The maximum Gasteiger partial charge on any atom is 0.247 e. The van der Waals surface area contributed by atoms with Crippen LogP contribution in [0, 0.1) is 5.41 Å². The molecule has 158 valence electrons. The van der Waals surface area contributed by atoms with Gasteiger partial charge < -0.3 is 16.0 Å². The van der Waals surface area contributed by atoms with Gasteiger partial charge in [-0.15, -0.1) is 0 Å². The van der Waals surface area contributed by atoms with Crippen LogP contribution in [0.1, 0.15) is 30.9 Å². The second-order valence-corrected chi connectivity index (χ2v) is 8.67. The summed E-state index contributed by atoms with van der Waals surface area (Å²) in [7, 11) is -3.50. The molecule has 1 atom stereocenters. The van der Waals surface area contributed by atoms with Crippen molar-refractivity contribution in [2.45, 2.75) is 32.4 Å². The maximum absolute atomic E-state index is 12.5. The zero-order chi connectivity index (χ0) is 21.4. The van der Waals surface area contributed by atoms with Gasteiger partial charge in [-0.3, -0.25) is 15.0 Å². The highest BCUT2D eigenvalue weighted by molar-refractivity contribution is 7.89. The molecule has 1 aliphatic rings. The van der Waals surface area contributed by atoms with Crippen molar-refractivity contribution in [3.63, 3.8) is 0 Å². The molecule has 1 aromatic rings. The molecule has 0 aliphatic carbocycles. The van der Waals surface area contributed by atoms with Crippen molar-refractivity contribution in [3.05, 3.63) is 47.5 Å². The number of unbranched alkanes of at least 4 members (excludes halogenated alkanes) is 1. The zero-order valence-corrected chi connectivity index (χ0v) is 17.2. The van der Waals surface area contributed by atoms with E-state index in [0.29, 0.717) is 12.0 Å². The number of hydrogen-bond acceptors (Lipinski definition) is 5. The molecule has 9 nitrogen and oxygen atoms in total. The smallest absolute Gasteiger partial charge is 0.247 e. The van der Waals surface area contributed by atoms with Gasteiger partial charge in [-0.25, -0.2) is 13.1 Å². The van der Waals surface area contributed by atoms with Crippen LogP contribution < -0.4 is 15.8 Å². The second kappa shape index (κ2) is 10.2. The minimum absolute atomic E-state index is 0.0264. The average molecular weight is 422 g/mol. The van der Waals surface area contributed by atoms with Crippen molar-refractivity contribution < 1.29 is 18.0 Å². The van der Waals surface area contributed by atoms with Crippen molar-refractivity contribution in [3.8, 4) is 0 Å². The lowest BCUT2D eigenvalue weighted by molar-refractivity contribution is -0.136. The second-order valence-electron chi connectivity index (χ2n) is 6.74. The molecule has 10 heteroatoms. The van der Waals surface area contributed by atoms with Crippen molar-refractivity contribution in [1.29, 1.82) is 5.41 Å². The standard InChI is InChI=1S/C19H27N5O4S/c1-2-3-11-29(27,28)23-13-17(25)24-10-4-5-16(24)19(26)22-12-14-6-8-15(9-7-14)18(20)21/h4-9,16,23H,2-3,10-13H2,1H3,(H3,20,21)(H,22,26). The van der Waals surface area contributed by atoms with Crippen LogP contribution in [-0.2, 0) is 26.2 Å². The first-order chi connectivity index (χ1) is 13.7. The van der Waals surface area contributed by atoms with E-state index in [1.807, 2.05) is 6.92 Å². The molecular formula is C19H27N5O4S. The quantitative estimate of drug-likeness (QED) is 0.240. The third kappa shape index (κ3) is 6.68. The number of benzene rings is 1. The molecule has 1 aliphatic heterocycles. The van der Waals surface area contributed by atoms with Gasteiger partial charge in [-0.1, -0.05) is 49.8 Å². The molecule has 5 N–H and O–H groups in total. The van der Waals surface area contributed by atoms with Crippen molar-refractivity contribution in [2.75, 3.05) is 18.8 Å². The van der Waals surface area contributed by atoms with Crippen LogP contribution >= 0.6 is 0 Å². The largest absolute Gasteiger partial charge is 0.384 e. The highest BCUT2D eigenvalue weighted by Crippen LogP contribution is 2.11. The van der Waals surface area contributed by atoms with Crippen LogP contribution in [0.3, 0.4) is 0 Å². The number of nitrogens with zero attached hydrogens (tertiary/aromatic N) is 1. The van der Waals surface area contributed by atoms with E-state index in [2.05, 4.69) is 10.0 Å². The predicted octanol–water partition coefficient (Wildman–Crippen LogP) is 0.0734. The molecule has 0 aromatic heterocycles. The summed E-state index contributed by atoms with van der Waals surface area (Å²) in [4.78, 5) is 26.2. The molecule has 1 aromatic carbocycles. The van der Waals surface area contributed by atoms with Crippen LogP contribution in [-0.4, -0.2) is 55.9 Å². The fraction of sp³-hybridized carbons (Fsp3) is 0.421. The summed E-state index contributed by atoms with van der Waals surface area (Å²) in [5.74, 6) is -0.866. The summed E-state index contributed by atoms with van der Waals surface area (Å²) in [6.45, 7) is 2.02. The van der Waals surface area contributed by atoms with Gasteiger partial charge in [-0.2, -0.15) is 0 Å². The third-order valence-corrected chi connectivity index (χ3v) is 5.90. The van der Waals surface area contributed by atoms with E-state index in [9.17, 15) is 18.0 Å². The lowest BCUT2D eigenvalue weighted by atomic mass is 10.1. The molecular weight excluding hydrogens is 394 g/mol. The number of amidine groups is 1. The maximum atomic E-state index is 12.5. The number of carbonyl (C=O) groups is 2. The summed E-state index contributed by atoms with van der Waals surface area (Å²) in [6.07, 6.45) is 4.59. The van der Waals surface area contributed by atoms with Gasteiger partial charge in [0.05, 0.1) is 12.3 Å². The van der Waals surface area contributed by atoms with Crippen LogP contribution in [0.5, 0.6) is 0 Å². The average Bonchev–Trinajstić information content (AvgIpc) is 3.19. The Balaban J connectivity index is 1.88. The van der Waals surface area contributed by atoms with E-state index >= 15 is 0 Å². The van der Waals surface area contributed by atoms with Crippen molar-refractivity contribution in [1.82, 2.24) is 14.9 Å². The normalized spacial score (nSPS) is 16.0. The fourth-order valence-electron chi connectivity index (χ4n) is 2.78. The monoisotopic (exact) mass is 421 g/mol. The minimum Gasteiger partial charge on any atom is -0.384 e. The molecule has 0 spiro atoms. The van der Waals surface area contributed by atoms with E-state index < -0.39 is 22.0 Å². The Labute approximate surface area is 170 Å². The topological polar surface area (TPSA) is 145 Å². The minimum atomic E-state index is -3.50. The Hall–Kier alpha value is -2.72. The van der Waals surface area contributed by atoms with Gasteiger partial charge in [0.15, 0.2) is 0 Å². The van der Waals surface area contributed by atoms with E-state index in [1.165, 1.54) is 4.90 Å². The Morgan fingerprint density at radius 2 is 1.97 bits per heavy atom. The number of carbonyl (C=O) groups excluding carboxylic acids is 2. The number of rotatable bonds is 10. The Morgan fingerprint density at radius 1 is 1.28 bits per heavy atom. The highest BCUT2D eigenvalue weighted by Gasteiger charge is 2.30. The number of amides is 2. The molecule has 0 saturated heterocycles. The summed E-state index contributed by atoms with van der Waals surface area (Å²) in [5.41, 5.74) is 6.83. The number of nitrogen functional groups attached to an aromatic ring is 1. The Kier molecular flexibility index (Phi) is 7.91.